The van der Waals surface area contributed by atoms with Crippen molar-refractivity contribution in [3.05, 3.63) is 0 Å². The first-order valence-corrected chi connectivity index (χ1v) is 5.80. The van der Waals surface area contributed by atoms with Gasteiger partial charge in [0.2, 0.25) is 0 Å². The van der Waals surface area contributed by atoms with E-state index < -0.39 is 0 Å². The number of nitrogens with zero attached hydrogens (tertiary/aromatic N) is 2. The van der Waals surface area contributed by atoms with E-state index in [-0.39, 0.29) is 6.04 Å². The molecule has 0 radical (unpaired) electrons. The topological polar surface area (TPSA) is 27.0 Å². The van der Waals surface area contributed by atoms with Gasteiger partial charge < -0.3 is 0 Å². The maximum absolute atomic E-state index is 9.00. The van der Waals surface area contributed by atoms with Gasteiger partial charge in [0.15, 0.2) is 0 Å². The summed E-state index contributed by atoms with van der Waals surface area (Å²) in [5.74, 6) is 0.840. The van der Waals surface area contributed by atoms with Crippen LogP contribution in [0.2, 0.25) is 0 Å². The second-order valence-electron chi connectivity index (χ2n) is 4.64. The minimum Gasteiger partial charge on any atom is -0.288 e. The SMILES string of the molecule is CCC(C#N)N(C)C1CCCC(C)C1. The van der Waals surface area contributed by atoms with Gasteiger partial charge in [-0.05, 0) is 32.2 Å². The van der Waals surface area contributed by atoms with E-state index in [1.807, 2.05) is 0 Å². The highest BCUT2D eigenvalue weighted by atomic mass is 15.2. The Bertz CT molecular complexity index is 207. The second-order valence-corrected chi connectivity index (χ2v) is 4.64. The summed E-state index contributed by atoms with van der Waals surface area (Å²) in [5, 5.41) is 9.00. The Morgan fingerprint density at radius 3 is 2.71 bits per heavy atom. The van der Waals surface area contributed by atoms with Gasteiger partial charge in [-0.25, -0.2) is 0 Å². The van der Waals surface area contributed by atoms with Crippen molar-refractivity contribution in [2.24, 2.45) is 5.92 Å². The molecule has 0 aromatic carbocycles. The maximum atomic E-state index is 9.00. The zero-order valence-corrected chi connectivity index (χ0v) is 9.66. The summed E-state index contributed by atoms with van der Waals surface area (Å²) in [4.78, 5) is 2.29. The molecule has 80 valence electrons. The Hall–Kier alpha value is -0.550. The summed E-state index contributed by atoms with van der Waals surface area (Å²) in [5.41, 5.74) is 0. The summed E-state index contributed by atoms with van der Waals surface area (Å²) in [6, 6.07) is 3.15. The minimum atomic E-state index is 0.116. The maximum Gasteiger partial charge on any atom is 0.0975 e. The van der Waals surface area contributed by atoms with E-state index in [4.69, 9.17) is 5.26 Å². The number of nitriles is 1. The number of hydrogen-bond acceptors (Lipinski definition) is 2. The third-order valence-electron chi connectivity index (χ3n) is 3.51. The molecule has 1 aliphatic carbocycles. The molecule has 1 rings (SSSR count). The molecule has 0 aromatic heterocycles. The van der Waals surface area contributed by atoms with Crippen LogP contribution in [0.4, 0.5) is 0 Å². The molecule has 3 atom stereocenters. The first-order chi connectivity index (χ1) is 6.69. The molecule has 0 aromatic rings. The van der Waals surface area contributed by atoms with E-state index in [0.717, 1.165) is 12.3 Å². The van der Waals surface area contributed by atoms with Crippen LogP contribution in [0.25, 0.3) is 0 Å². The minimum absolute atomic E-state index is 0.116. The van der Waals surface area contributed by atoms with Crippen LogP contribution in [0, 0.1) is 17.2 Å². The molecule has 0 amide bonds. The Morgan fingerprint density at radius 2 is 2.21 bits per heavy atom. The van der Waals surface area contributed by atoms with Gasteiger partial charge in [-0.15, -0.1) is 0 Å². The monoisotopic (exact) mass is 194 g/mol. The molecule has 2 heteroatoms. The average molecular weight is 194 g/mol. The van der Waals surface area contributed by atoms with Gasteiger partial charge in [0.1, 0.15) is 0 Å². The lowest BCUT2D eigenvalue weighted by Crippen LogP contribution is -2.41. The Labute approximate surface area is 87.9 Å². The van der Waals surface area contributed by atoms with E-state index in [1.54, 1.807) is 0 Å². The van der Waals surface area contributed by atoms with Crippen molar-refractivity contribution in [1.82, 2.24) is 4.90 Å². The van der Waals surface area contributed by atoms with E-state index in [1.165, 1.54) is 25.7 Å². The van der Waals surface area contributed by atoms with Gasteiger partial charge in [0, 0.05) is 6.04 Å². The molecule has 1 saturated carbocycles. The largest absolute Gasteiger partial charge is 0.288 e. The molecule has 0 bridgehead atoms. The van der Waals surface area contributed by atoms with Gasteiger partial charge in [-0.2, -0.15) is 5.26 Å². The van der Waals surface area contributed by atoms with E-state index >= 15 is 0 Å². The zero-order valence-electron chi connectivity index (χ0n) is 9.66. The van der Waals surface area contributed by atoms with Crippen molar-refractivity contribution in [1.29, 1.82) is 5.26 Å². The Morgan fingerprint density at radius 1 is 1.50 bits per heavy atom. The number of rotatable bonds is 3. The fraction of sp³-hybridized carbons (Fsp3) is 0.917. The molecule has 2 nitrogen and oxygen atoms in total. The first kappa shape index (κ1) is 11.5. The summed E-state index contributed by atoms with van der Waals surface area (Å²) >= 11 is 0. The van der Waals surface area contributed by atoms with Gasteiger partial charge in [0.25, 0.3) is 0 Å². The molecule has 14 heavy (non-hydrogen) atoms. The highest BCUT2D eigenvalue weighted by Crippen LogP contribution is 2.27. The first-order valence-electron chi connectivity index (χ1n) is 5.80. The molecule has 0 saturated heterocycles. The zero-order chi connectivity index (χ0) is 10.6. The summed E-state index contributed by atoms with van der Waals surface area (Å²) in [6.07, 6.45) is 6.19. The smallest absolute Gasteiger partial charge is 0.0975 e. The van der Waals surface area contributed by atoms with Crippen molar-refractivity contribution in [2.45, 2.75) is 58.0 Å². The second kappa shape index (κ2) is 5.36. The highest BCUT2D eigenvalue weighted by Gasteiger charge is 2.25. The van der Waals surface area contributed by atoms with Crippen LogP contribution in [0.15, 0.2) is 0 Å². The molecule has 3 unspecified atom stereocenters. The predicted octanol–water partition coefficient (Wildman–Crippen LogP) is 2.80. The lowest BCUT2D eigenvalue weighted by Gasteiger charge is -2.36. The standard InChI is InChI=1S/C12H22N2/c1-4-11(9-13)14(3)12-7-5-6-10(2)8-12/h10-12H,4-8H2,1-3H3. The van der Waals surface area contributed by atoms with Crippen LogP contribution in [-0.2, 0) is 0 Å². The van der Waals surface area contributed by atoms with Crippen LogP contribution in [0.1, 0.15) is 46.0 Å². The molecule has 0 N–H and O–H groups in total. The Balaban J connectivity index is 2.50. The lowest BCUT2D eigenvalue weighted by molar-refractivity contribution is 0.138. The third kappa shape index (κ3) is 2.72. The van der Waals surface area contributed by atoms with Crippen molar-refractivity contribution in [3.63, 3.8) is 0 Å². The van der Waals surface area contributed by atoms with Crippen molar-refractivity contribution in [2.75, 3.05) is 7.05 Å². The summed E-state index contributed by atoms with van der Waals surface area (Å²) < 4.78 is 0. The molecule has 0 spiro atoms. The van der Waals surface area contributed by atoms with Gasteiger partial charge in [0.05, 0.1) is 12.1 Å². The predicted molar refractivity (Wildman–Crippen MR) is 58.9 cm³/mol. The average Bonchev–Trinajstić information content (AvgIpc) is 2.19. The Kier molecular flexibility index (Phi) is 4.41. The van der Waals surface area contributed by atoms with Crippen LogP contribution >= 0.6 is 0 Å². The quantitative estimate of drug-likeness (QED) is 0.690. The fourth-order valence-corrected chi connectivity index (χ4v) is 2.50. The van der Waals surface area contributed by atoms with Crippen molar-refractivity contribution in [3.8, 4) is 6.07 Å². The van der Waals surface area contributed by atoms with Crippen molar-refractivity contribution >= 4 is 0 Å². The molecule has 0 aliphatic heterocycles. The van der Waals surface area contributed by atoms with Gasteiger partial charge in [-0.3, -0.25) is 4.90 Å². The molecule has 1 fully saturated rings. The van der Waals surface area contributed by atoms with E-state index in [0.29, 0.717) is 6.04 Å². The molecular weight excluding hydrogens is 172 g/mol. The van der Waals surface area contributed by atoms with Crippen LogP contribution in [-0.4, -0.2) is 24.0 Å². The van der Waals surface area contributed by atoms with Crippen LogP contribution in [0.5, 0.6) is 0 Å². The van der Waals surface area contributed by atoms with Gasteiger partial charge in [-0.1, -0.05) is 26.7 Å². The normalized spacial score (nSPS) is 29.9. The van der Waals surface area contributed by atoms with Crippen LogP contribution < -0.4 is 0 Å². The van der Waals surface area contributed by atoms with E-state index in [2.05, 4.69) is 31.9 Å². The highest BCUT2D eigenvalue weighted by molar-refractivity contribution is 4.93. The van der Waals surface area contributed by atoms with Crippen molar-refractivity contribution < 1.29 is 0 Å². The third-order valence-corrected chi connectivity index (χ3v) is 3.51. The fourth-order valence-electron chi connectivity index (χ4n) is 2.50. The van der Waals surface area contributed by atoms with E-state index in [9.17, 15) is 0 Å². The van der Waals surface area contributed by atoms with Crippen LogP contribution in [0.3, 0.4) is 0 Å². The van der Waals surface area contributed by atoms with Gasteiger partial charge >= 0.3 is 0 Å². The summed E-state index contributed by atoms with van der Waals surface area (Å²) in [6.45, 7) is 4.42. The molecule has 1 aliphatic rings. The summed E-state index contributed by atoms with van der Waals surface area (Å²) in [7, 11) is 2.11. The lowest BCUT2D eigenvalue weighted by atomic mass is 9.86. The number of hydrogen-bond donors (Lipinski definition) is 0. The molecular formula is C12H22N2. The molecule has 0 heterocycles.